The van der Waals surface area contributed by atoms with Crippen LogP contribution in [0.1, 0.15) is 68.7 Å². The molecule has 1 aromatic heterocycles. The maximum absolute atomic E-state index is 11.3. The van der Waals surface area contributed by atoms with Crippen LogP contribution in [-0.4, -0.2) is 28.6 Å². The van der Waals surface area contributed by atoms with Gasteiger partial charge in [-0.3, -0.25) is 0 Å². The Kier molecular flexibility index (Phi) is 6.99. The minimum Gasteiger partial charge on any atom is -0.477 e. The van der Waals surface area contributed by atoms with Gasteiger partial charge in [-0.2, -0.15) is 0 Å². The van der Waals surface area contributed by atoms with Gasteiger partial charge >= 0.3 is 5.97 Å². The van der Waals surface area contributed by atoms with Crippen LogP contribution in [0.5, 0.6) is 0 Å². The first-order chi connectivity index (χ1) is 9.51. The molecule has 0 fully saturated rings. The second-order valence-electron chi connectivity index (χ2n) is 5.32. The summed E-state index contributed by atoms with van der Waals surface area (Å²) in [5.74, 6) is -0.852. The largest absolute Gasteiger partial charge is 0.477 e. The van der Waals surface area contributed by atoms with Crippen molar-refractivity contribution in [3.05, 3.63) is 10.6 Å². The first kappa shape index (κ1) is 17.0. The summed E-state index contributed by atoms with van der Waals surface area (Å²) in [5, 5.41) is 10.2. The molecule has 0 aliphatic heterocycles. The summed E-state index contributed by atoms with van der Waals surface area (Å²) in [7, 11) is 0. The molecule has 0 aliphatic carbocycles. The van der Waals surface area contributed by atoms with E-state index in [0.717, 1.165) is 36.6 Å². The smallest absolute Gasteiger partial charge is 0.347 e. The fourth-order valence-electron chi connectivity index (χ4n) is 2.14. The highest BCUT2D eigenvalue weighted by molar-refractivity contribution is 7.17. The topological polar surface area (TPSA) is 53.4 Å². The number of carboxylic acid groups (broad SMARTS) is 1. The maximum atomic E-state index is 11.3. The third-order valence-corrected chi connectivity index (χ3v) is 4.36. The molecule has 0 aliphatic rings. The monoisotopic (exact) mass is 298 g/mol. The molecule has 1 rings (SSSR count). The average Bonchev–Trinajstić information content (AvgIpc) is 2.78. The summed E-state index contributed by atoms with van der Waals surface area (Å²) in [5.41, 5.74) is 0.737. The lowest BCUT2D eigenvalue weighted by atomic mass is 10.2. The fourth-order valence-corrected chi connectivity index (χ4v) is 3.25. The summed E-state index contributed by atoms with van der Waals surface area (Å²) in [6.07, 6.45) is 5.16. The standard InChI is InChI=1S/C15H26N2O2S/c1-5-7-8-10-17(11(3)4)15-16-12(9-6-2)13(20-15)14(18)19/h11H,5-10H2,1-4H3,(H,18,19). The predicted octanol–water partition coefficient (Wildman–Crippen LogP) is 4.20. The van der Waals surface area contributed by atoms with E-state index in [2.05, 4.69) is 30.7 Å². The molecule has 1 N–H and O–H groups in total. The molecule has 1 heterocycles. The molecule has 5 heteroatoms. The number of anilines is 1. The molecule has 114 valence electrons. The lowest BCUT2D eigenvalue weighted by molar-refractivity contribution is 0.0700. The van der Waals surface area contributed by atoms with Gasteiger partial charge in [-0.05, 0) is 26.7 Å². The third-order valence-electron chi connectivity index (χ3n) is 3.24. The normalized spacial score (nSPS) is 11.1. The Morgan fingerprint density at radius 3 is 2.50 bits per heavy atom. The molecule has 0 atom stereocenters. The summed E-state index contributed by atoms with van der Waals surface area (Å²) >= 11 is 1.32. The molecule has 0 radical (unpaired) electrons. The summed E-state index contributed by atoms with van der Waals surface area (Å²) in [6, 6.07) is 0.342. The van der Waals surface area contributed by atoms with Gasteiger partial charge in [0.15, 0.2) is 5.13 Å². The number of nitrogens with zero attached hydrogens (tertiary/aromatic N) is 2. The van der Waals surface area contributed by atoms with Crippen molar-refractivity contribution in [2.45, 2.75) is 65.8 Å². The van der Waals surface area contributed by atoms with Gasteiger partial charge in [0.1, 0.15) is 4.88 Å². The second-order valence-corrected chi connectivity index (χ2v) is 6.30. The van der Waals surface area contributed by atoms with Crippen LogP contribution in [0.25, 0.3) is 0 Å². The SMILES string of the molecule is CCCCCN(c1nc(CCC)c(C(=O)O)s1)C(C)C. The van der Waals surface area contributed by atoms with Crippen molar-refractivity contribution < 1.29 is 9.90 Å². The van der Waals surface area contributed by atoms with E-state index in [1.54, 1.807) is 0 Å². The first-order valence-corrected chi connectivity index (χ1v) is 8.32. The lowest BCUT2D eigenvalue weighted by Gasteiger charge is -2.26. The first-order valence-electron chi connectivity index (χ1n) is 7.50. The maximum Gasteiger partial charge on any atom is 0.347 e. The van der Waals surface area contributed by atoms with Crippen molar-refractivity contribution in [1.82, 2.24) is 4.98 Å². The van der Waals surface area contributed by atoms with E-state index in [9.17, 15) is 9.90 Å². The summed E-state index contributed by atoms with van der Waals surface area (Å²) in [6.45, 7) is 9.45. The number of hydrogen-bond acceptors (Lipinski definition) is 4. The molecular formula is C15H26N2O2S. The van der Waals surface area contributed by atoms with Crippen LogP contribution in [-0.2, 0) is 6.42 Å². The van der Waals surface area contributed by atoms with E-state index in [4.69, 9.17) is 0 Å². The second kappa shape index (κ2) is 8.25. The minimum absolute atomic E-state index is 0.342. The van der Waals surface area contributed by atoms with Crippen LogP contribution in [0.3, 0.4) is 0 Å². The van der Waals surface area contributed by atoms with Crippen molar-refractivity contribution in [3.63, 3.8) is 0 Å². The number of rotatable bonds is 9. The molecule has 4 nitrogen and oxygen atoms in total. The van der Waals surface area contributed by atoms with E-state index in [1.807, 2.05) is 6.92 Å². The minimum atomic E-state index is -0.852. The van der Waals surface area contributed by atoms with Gasteiger partial charge < -0.3 is 10.0 Å². The molecule has 0 amide bonds. The molecule has 0 aromatic carbocycles. The van der Waals surface area contributed by atoms with E-state index >= 15 is 0 Å². The highest BCUT2D eigenvalue weighted by Gasteiger charge is 2.21. The predicted molar refractivity (Wildman–Crippen MR) is 85.1 cm³/mol. The molecule has 0 saturated heterocycles. The Morgan fingerprint density at radius 2 is 2.00 bits per heavy atom. The van der Waals surface area contributed by atoms with Gasteiger partial charge in [0.25, 0.3) is 0 Å². The summed E-state index contributed by atoms with van der Waals surface area (Å²) < 4.78 is 0. The number of carboxylic acids is 1. The Hall–Kier alpha value is -1.10. The average molecular weight is 298 g/mol. The molecule has 0 bridgehead atoms. The molecule has 0 unspecified atom stereocenters. The molecule has 1 aromatic rings. The van der Waals surface area contributed by atoms with Crippen molar-refractivity contribution in [3.8, 4) is 0 Å². The van der Waals surface area contributed by atoms with Gasteiger partial charge in [0.2, 0.25) is 0 Å². The van der Waals surface area contributed by atoms with Gasteiger partial charge in [0, 0.05) is 12.6 Å². The van der Waals surface area contributed by atoms with Crippen LogP contribution in [0.15, 0.2) is 0 Å². The number of aromatic carboxylic acids is 1. The number of thiazole rings is 1. The van der Waals surface area contributed by atoms with Crippen molar-refractivity contribution in [2.24, 2.45) is 0 Å². The van der Waals surface area contributed by atoms with Gasteiger partial charge in [-0.1, -0.05) is 44.4 Å². The van der Waals surface area contributed by atoms with E-state index in [1.165, 1.54) is 24.2 Å². The number of aromatic nitrogens is 1. The van der Waals surface area contributed by atoms with Crippen LogP contribution < -0.4 is 4.90 Å². The molecule has 20 heavy (non-hydrogen) atoms. The Morgan fingerprint density at radius 1 is 1.30 bits per heavy atom. The zero-order valence-corrected chi connectivity index (χ0v) is 13.8. The van der Waals surface area contributed by atoms with Crippen molar-refractivity contribution in [1.29, 1.82) is 0 Å². The van der Waals surface area contributed by atoms with E-state index in [0.29, 0.717) is 10.9 Å². The number of aryl methyl sites for hydroxylation is 1. The number of carbonyl (C=O) groups is 1. The van der Waals surface area contributed by atoms with Crippen LogP contribution in [0.2, 0.25) is 0 Å². The van der Waals surface area contributed by atoms with Crippen LogP contribution in [0, 0.1) is 0 Å². The number of unbranched alkanes of at least 4 members (excludes halogenated alkanes) is 2. The molecule has 0 saturated carbocycles. The fraction of sp³-hybridized carbons (Fsp3) is 0.733. The zero-order valence-electron chi connectivity index (χ0n) is 13.0. The van der Waals surface area contributed by atoms with Crippen LogP contribution >= 0.6 is 11.3 Å². The quantitative estimate of drug-likeness (QED) is 0.694. The van der Waals surface area contributed by atoms with Crippen LogP contribution in [0.4, 0.5) is 5.13 Å². The van der Waals surface area contributed by atoms with Crippen molar-refractivity contribution in [2.75, 3.05) is 11.4 Å². The van der Waals surface area contributed by atoms with Crippen molar-refractivity contribution >= 4 is 22.4 Å². The van der Waals surface area contributed by atoms with E-state index in [-0.39, 0.29) is 0 Å². The molecule has 0 spiro atoms. The Balaban J connectivity index is 2.95. The highest BCUT2D eigenvalue weighted by Crippen LogP contribution is 2.29. The van der Waals surface area contributed by atoms with E-state index < -0.39 is 5.97 Å². The van der Waals surface area contributed by atoms with Gasteiger partial charge in [-0.25, -0.2) is 9.78 Å². The summed E-state index contributed by atoms with van der Waals surface area (Å²) in [4.78, 5) is 18.5. The number of hydrogen-bond donors (Lipinski definition) is 1. The van der Waals surface area contributed by atoms with Gasteiger partial charge in [-0.15, -0.1) is 0 Å². The Bertz CT molecular complexity index is 430. The van der Waals surface area contributed by atoms with Gasteiger partial charge in [0.05, 0.1) is 5.69 Å². The highest BCUT2D eigenvalue weighted by atomic mass is 32.1. The lowest BCUT2D eigenvalue weighted by Crippen LogP contribution is -2.31. The zero-order chi connectivity index (χ0) is 15.1. The molecular weight excluding hydrogens is 272 g/mol. The Labute approximate surface area is 125 Å². The third kappa shape index (κ3) is 4.47.